The van der Waals surface area contributed by atoms with Gasteiger partial charge in [0.1, 0.15) is 0 Å². The van der Waals surface area contributed by atoms with E-state index in [4.69, 9.17) is 9.47 Å². The lowest BCUT2D eigenvalue weighted by atomic mass is 10.1. The molecule has 8 nitrogen and oxygen atoms in total. The zero-order valence-electron chi connectivity index (χ0n) is 19.7. The quantitative estimate of drug-likeness (QED) is 0.361. The summed E-state index contributed by atoms with van der Waals surface area (Å²) in [5.74, 6) is 0.792. The first-order valence-electron chi connectivity index (χ1n) is 10.9. The summed E-state index contributed by atoms with van der Waals surface area (Å²) in [5.41, 5.74) is -0.651. The van der Waals surface area contributed by atoms with Crippen LogP contribution in [0.3, 0.4) is 0 Å². The summed E-state index contributed by atoms with van der Waals surface area (Å²) in [6, 6.07) is 11.4. The fourth-order valence-corrected chi connectivity index (χ4v) is 5.24. The Bertz CT molecular complexity index is 1590. The van der Waals surface area contributed by atoms with Gasteiger partial charge >= 0.3 is 6.18 Å². The third-order valence-corrected chi connectivity index (χ3v) is 7.44. The van der Waals surface area contributed by atoms with E-state index >= 15 is 0 Å². The van der Waals surface area contributed by atoms with Crippen LogP contribution in [0.2, 0.25) is 0 Å². The Hall–Kier alpha value is -3.90. The van der Waals surface area contributed by atoms with Gasteiger partial charge in [-0.2, -0.15) is 17.5 Å². The molecule has 0 saturated heterocycles. The van der Waals surface area contributed by atoms with E-state index in [-0.39, 0.29) is 12.1 Å². The number of hydrogen-bond donors (Lipinski definition) is 1. The number of aromatic amines is 1. The van der Waals surface area contributed by atoms with Gasteiger partial charge in [0.15, 0.2) is 11.5 Å². The van der Waals surface area contributed by atoms with Gasteiger partial charge in [0.05, 0.1) is 30.2 Å². The second kappa shape index (κ2) is 10.2. The fraction of sp³-hybridized carbons (Fsp3) is 0.200. The molecule has 0 aliphatic carbocycles. The molecule has 0 bridgehead atoms. The molecule has 1 N–H and O–H groups in total. The highest BCUT2D eigenvalue weighted by atomic mass is 32.2. The minimum absolute atomic E-state index is 0.0826. The van der Waals surface area contributed by atoms with Crippen LogP contribution in [-0.4, -0.2) is 36.9 Å². The number of methoxy groups -OCH3 is 2. The number of rotatable bonds is 8. The average Bonchev–Trinajstić information content (AvgIpc) is 2.88. The zero-order chi connectivity index (χ0) is 26.8. The monoisotopic (exact) mass is 533 g/mol. The fourth-order valence-electron chi connectivity index (χ4n) is 3.79. The van der Waals surface area contributed by atoms with Crippen molar-refractivity contribution in [3.63, 3.8) is 0 Å². The molecule has 0 amide bonds. The molecule has 0 atom stereocenters. The van der Waals surface area contributed by atoms with Gasteiger partial charge in [-0.1, -0.05) is 12.1 Å². The van der Waals surface area contributed by atoms with Crippen LogP contribution in [0.4, 0.5) is 13.2 Å². The molecule has 0 saturated carbocycles. The maximum absolute atomic E-state index is 13.6. The van der Waals surface area contributed by atoms with Crippen molar-refractivity contribution in [2.24, 2.45) is 0 Å². The molecule has 4 rings (SSSR count). The summed E-state index contributed by atoms with van der Waals surface area (Å²) >= 11 is 0. The van der Waals surface area contributed by atoms with Crippen LogP contribution in [0.15, 0.2) is 76.7 Å². The van der Waals surface area contributed by atoms with Crippen LogP contribution < -0.4 is 15.0 Å². The number of halogens is 3. The number of nitrogens with zero attached hydrogens (tertiary/aromatic N) is 2. The highest BCUT2D eigenvalue weighted by Gasteiger charge is 2.33. The molecule has 0 fully saturated rings. The zero-order valence-corrected chi connectivity index (χ0v) is 20.6. The molecule has 2 heterocycles. The number of H-pyrrole nitrogens is 1. The van der Waals surface area contributed by atoms with Gasteiger partial charge in [-0.05, 0) is 42.0 Å². The first-order chi connectivity index (χ1) is 17.5. The van der Waals surface area contributed by atoms with E-state index in [0.717, 1.165) is 22.5 Å². The van der Waals surface area contributed by atoms with Crippen molar-refractivity contribution < 1.29 is 31.1 Å². The average molecular weight is 534 g/mol. The summed E-state index contributed by atoms with van der Waals surface area (Å²) in [6.45, 7) is -0.636. The van der Waals surface area contributed by atoms with Crippen LogP contribution in [0.5, 0.6) is 11.5 Å². The van der Waals surface area contributed by atoms with Crippen LogP contribution >= 0.6 is 0 Å². The number of nitrogens with one attached hydrogen (secondary N) is 1. The van der Waals surface area contributed by atoms with E-state index in [2.05, 4.69) is 9.97 Å². The Labute approximate surface area is 210 Å². The van der Waals surface area contributed by atoms with Gasteiger partial charge < -0.3 is 14.5 Å². The summed E-state index contributed by atoms with van der Waals surface area (Å²) in [4.78, 5) is 19.0. The molecule has 4 aromatic rings. The first-order valence-corrected chi connectivity index (χ1v) is 12.3. The molecule has 0 spiro atoms. The van der Waals surface area contributed by atoms with Crippen molar-refractivity contribution in [1.29, 1.82) is 0 Å². The number of fused-ring (bicyclic) bond motifs is 1. The number of alkyl halides is 3. The van der Waals surface area contributed by atoms with Gasteiger partial charge in [0.2, 0.25) is 10.0 Å². The van der Waals surface area contributed by atoms with Gasteiger partial charge in [-0.15, -0.1) is 0 Å². The van der Waals surface area contributed by atoms with Crippen molar-refractivity contribution >= 4 is 20.9 Å². The third-order valence-electron chi connectivity index (χ3n) is 5.65. The Morgan fingerprint density at radius 1 is 0.973 bits per heavy atom. The van der Waals surface area contributed by atoms with Crippen molar-refractivity contribution in [2.45, 2.75) is 24.2 Å². The van der Waals surface area contributed by atoms with E-state index in [9.17, 15) is 26.4 Å². The van der Waals surface area contributed by atoms with Crippen LogP contribution in [0.25, 0.3) is 10.9 Å². The van der Waals surface area contributed by atoms with E-state index in [0.29, 0.717) is 34.0 Å². The lowest BCUT2D eigenvalue weighted by Gasteiger charge is -2.23. The predicted molar refractivity (Wildman–Crippen MR) is 130 cm³/mol. The summed E-state index contributed by atoms with van der Waals surface area (Å²) < 4.78 is 78.5. The molecule has 0 aliphatic rings. The Morgan fingerprint density at radius 3 is 2.35 bits per heavy atom. The van der Waals surface area contributed by atoms with Gasteiger partial charge in [0, 0.05) is 42.5 Å². The molecule has 0 radical (unpaired) electrons. The largest absolute Gasteiger partial charge is 0.493 e. The molecule has 2 aromatic carbocycles. The smallest absolute Gasteiger partial charge is 0.416 e. The van der Waals surface area contributed by atoms with Crippen LogP contribution in [0, 0.1) is 0 Å². The second-order valence-electron chi connectivity index (χ2n) is 8.08. The molecular weight excluding hydrogens is 511 g/mol. The molecule has 2 aromatic heterocycles. The number of benzene rings is 2. The highest BCUT2D eigenvalue weighted by Crippen LogP contribution is 2.33. The Kier molecular flexibility index (Phi) is 7.23. The Balaban J connectivity index is 1.80. The number of ether oxygens (including phenoxy) is 2. The van der Waals surface area contributed by atoms with E-state index in [1.54, 1.807) is 24.3 Å². The van der Waals surface area contributed by atoms with Crippen molar-refractivity contribution in [1.82, 2.24) is 14.3 Å². The summed E-state index contributed by atoms with van der Waals surface area (Å²) in [6.07, 6.45) is -1.78. The minimum atomic E-state index is -4.73. The number of sulfonamides is 1. The molecule has 194 valence electrons. The van der Waals surface area contributed by atoms with Gasteiger partial charge in [-0.25, -0.2) is 8.42 Å². The van der Waals surface area contributed by atoms with Gasteiger partial charge in [0.25, 0.3) is 5.56 Å². The Morgan fingerprint density at radius 2 is 1.70 bits per heavy atom. The SMILES string of the molecule is COc1cc2cc(CN(Cc3cccnc3)S(=O)(=O)c3cccc(C(F)(F)F)c3)c(=O)[nH]c2cc1OC. The normalized spacial score (nSPS) is 12.2. The topological polar surface area (TPSA) is 102 Å². The van der Waals surface area contributed by atoms with Crippen molar-refractivity contribution in [3.05, 3.63) is 94.0 Å². The molecular formula is C25H22F3N3O5S. The van der Waals surface area contributed by atoms with Crippen molar-refractivity contribution in [2.75, 3.05) is 14.2 Å². The van der Waals surface area contributed by atoms with E-state index < -0.39 is 38.8 Å². The summed E-state index contributed by atoms with van der Waals surface area (Å²) in [5, 5.41) is 0.546. The highest BCUT2D eigenvalue weighted by molar-refractivity contribution is 7.89. The maximum atomic E-state index is 13.6. The molecule has 12 heteroatoms. The number of aromatic nitrogens is 2. The van der Waals surface area contributed by atoms with E-state index in [1.807, 2.05) is 0 Å². The van der Waals surface area contributed by atoms with Crippen LogP contribution in [-0.2, 0) is 29.3 Å². The second-order valence-corrected chi connectivity index (χ2v) is 10.0. The standard InChI is InChI=1S/C25H22F3N3O5S/c1-35-22-10-17-9-18(24(32)30-21(17)12-23(22)36-2)15-31(14-16-5-4-8-29-13-16)37(33,34)20-7-3-6-19(11-20)25(26,27)28/h3-13H,14-15H2,1-2H3,(H,30,32). The van der Waals surface area contributed by atoms with Gasteiger partial charge in [-0.3, -0.25) is 9.78 Å². The summed E-state index contributed by atoms with van der Waals surface area (Å²) in [7, 11) is -1.56. The number of hydrogen-bond acceptors (Lipinski definition) is 6. The third kappa shape index (κ3) is 5.59. The van der Waals surface area contributed by atoms with Crippen LogP contribution in [0.1, 0.15) is 16.7 Å². The lowest BCUT2D eigenvalue weighted by molar-refractivity contribution is -0.137. The van der Waals surface area contributed by atoms with Crippen molar-refractivity contribution in [3.8, 4) is 11.5 Å². The lowest BCUT2D eigenvalue weighted by Crippen LogP contribution is -2.32. The maximum Gasteiger partial charge on any atom is 0.416 e. The first kappa shape index (κ1) is 26.2. The predicted octanol–water partition coefficient (Wildman–Crippen LogP) is 4.35. The van der Waals surface area contributed by atoms with E-state index in [1.165, 1.54) is 32.7 Å². The number of pyridine rings is 2. The molecule has 0 aliphatic heterocycles. The molecule has 37 heavy (non-hydrogen) atoms. The molecule has 0 unspecified atom stereocenters. The minimum Gasteiger partial charge on any atom is -0.493 e.